The predicted molar refractivity (Wildman–Crippen MR) is 165 cm³/mol. The third-order valence-electron chi connectivity index (χ3n) is 8.39. The first-order valence-electron chi connectivity index (χ1n) is 15.3. The molecule has 41 heavy (non-hydrogen) atoms. The lowest BCUT2D eigenvalue weighted by atomic mass is 9.74. The number of hydrogen-bond donors (Lipinski definition) is 1. The Morgan fingerprint density at radius 3 is 1.88 bits per heavy atom. The maximum atomic E-state index is 12.0. The van der Waals surface area contributed by atoms with Crippen LogP contribution in [0.1, 0.15) is 76.3 Å². The predicted octanol–water partition coefficient (Wildman–Crippen LogP) is 7.65. The van der Waals surface area contributed by atoms with Crippen LogP contribution in [0, 0.1) is 17.8 Å². The molecule has 0 amide bonds. The number of aliphatic hydroxyl groups is 1. The minimum Gasteiger partial charge on any atom is -0.462 e. The largest absolute Gasteiger partial charge is 0.462 e. The first-order valence-corrected chi connectivity index (χ1v) is 15.3. The van der Waals surface area contributed by atoms with E-state index >= 15 is 0 Å². The third kappa shape index (κ3) is 10.6. The Morgan fingerprint density at radius 1 is 0.829 bits per heavy atom. The van der Waals surface area contributed by atoms with Crippen LogP contribution in [0.25, 0.3) is 11.1 Å². The Kier molecular flexibility index (Phi) is 13.4. The highest BCUT2D eigenvalue weighted by Gasteiger charge is 2.30. The molecule has 1 atom stereocenters. The molecule has 1 fully saturated rings. The van der Waals surface area contributed by atoms with Gasteiger partial charge in [0, 0.05) is 11.5 Å². The van der Waals surface area contributed by atoms with Crippen LogP contribution in [0.3, 0.4) is 0 Å². The molecule has 2 aromatic carbocycles. The van der Waals surface area contributed by atoms with Gasteiger partial charge in [-0.05, 0) is 79.5 Å². The summed E-state index contributed by atoms with van der Waals surface area (Å²) in [5, 5.41) is 9.14. The molecule has 1 saturated carbocycles. The molecule has 1 aliphatic rings. The van der Waals surface area contributed by atoms with E-state index < -0.39 is 18.5 Å². The molecule has 1 unspecified atom stereocenters. The van der Waals surface area contributed by atoms with Gasteiger partial charge in [0.25, 0.3) is 0 Å². The minimum absolute atomic E-state index is 0.0233. The third-order valence-corrected chi connectivity index (χ3v) is 8.39. The maximum absolute atomic E-state index is 12.0. The quantitative estimate of drug-likeness (QED) is 0.130. The van der Waals surface area contributed by atoms with Gasteiger partial charge < -0.3 is 14.6 Å². The summed E-state index contributed by atoms with van der Waals surface area (Å²) >= 11 is 0. The van der Waals surface area contributed by atoms with Gasteiger partial charge in [-0.1, -0.05) is 94.3 Å². The van der Waals surface area contributed by atoms with Gasteiger partial charge in [0.05, 0.1) is 25.4 Å². The number of carbonyl (C=O) groups excluding carboxylic acids is 2. The van der Waals surface area contributed by atoms with Gasteiger partial charge in [-0.3, -0.25) is 0 Å². The van der Waals surface area contributed by atoms with Crippen LogP contribution < -0.4 is 0 Å². The maximum Gasteiger partial charge on any atom is 0.335 e. The lowest BCUT2D eigenvalue weighted by Crippen LogP contribution is -2.31. The molecule has 1 N–H and O–H groups in total. The number of esters is 2. The lowest BCUT2D eigenvalue weighted by Gasteiger charge is -2.33. The van der Waals surface area contributed by atoms with Crippen molar-refractivity contribution < 1.29 is 24.2 Å². The van der Waals surface area contributed by atoms with E-state index in [0.717, 1.165) is 44.9 Å². The van der Waals surface area contributed by atoms with E-state index in [4.69, 9.17) is 14.6 Å². The molecule has 0 aromatic heterocycles. The molecule has 0 radical (unpaired) electrons. The fourth-order valence-corrected chi connectivity index (χ4v) is 5.60. The molecule has 5 heteroatoms. The summed E-state index contributed by atoms with van der Waals surface area (Å²) in [5.41, 5.74) is 5.69. The highest BCUT2D eigenvalue weighted by Crippen LogP contribution is 2.36. The lowest BCUT2D eigenvalue weighted by molar-refractivity contribution is -0.146. The number of hydrogen-bond acceptors (Lipinski definition) is 5. The van der Waals surface area contributed by atoms with E-state index in [1.54, 1.807) is 6.92 Å². The summed E-state index contributed by atoms with van der Waals surface area (Å²) in [7, 11) is 0. The van der Waals surface area contributed by atoms with Crippen molar-refractivity contribution in [2.75, 3.05) is 19.8 Å². The van der Waals surface area contributed by atoms with Crippen molar-refractivity contribution in [2.45, 2.75) is 78.1 Å². The van der Waals surface area contributed by atoms with Crippen molar-refractivity contribution in [2.24, 2.45) is 17.8 Å². The molecule has 0 aliphatic heterocycles. The van der Waals surface area contributed by atoms with Crippen LogP contribution in [-0.4, -0.2) is 36.9 Å². The zero-order valence-corrected chi connectivity index (χ0v) is 25.0. The number of unbranched alkanes of at least 4 members (excludes halogenated alkanes) is 2. The zero-order valence-electron chi connectivity index (χ0n) is 25.0. The standard InChI is InChI=1S/C36H48O5/c1-5-6-7-8-28-11-17-31(18-12-28)32-19-13-29(14-20-32)9-10-30-15-21-33(22-16-30)34(24-40-35(38)26(2)3)25-41-36(39)27(4)23-37/h11-14,17-20,30,33-34,37H,2,4-10,15-16,21-25H2,1,3H3. The average Bonchev–Trinajstić information content (AvgIpc) is 3.00. The van der Waals surface area contributed by atoms with E-state index in [1.807, 2.05) is 0 Å². The Balaban J connectivity index is 1.47. The number of rotatable bonds is 16. The summed E-state index contributed by atoms with van der Waals surface area (Å²) < 4.78 is 10.8. The monoisotopic (exact) mass is 560 g/mol. The minimum atomic E-state index is -0.608. The smallest absolute Gasteiger partial charge is 0.335 e. The zero-order chi connectivity index (χ0) is 29.6. The van der Waals surface area contributed by atoms with Crippen LogP contribution in [0.2, 0.25) is 0 Å². The number of aryl methyl sites for hydroxylation is 2. The van der Waals surface area contributed by atoms with Gasteiger partial charge in [0.15, 0.2) is 0 Å². The average molecular weight is 561 g/mol. The van der Waals surface area contributed by atoms with Crippen LogP contribution in [0.15, 0.2) is 72.8 Å². The van der Waals surface area contributed by atoms with Gasteiger partial charge >= 0.3 is 11.9 Å². The molecule has 0 spiro atoms. The Hall–Kier alpha value is -3.18. The fourth-order valence-electron chi connectivity index (χ4n) is 5.60. The number of carbonyl (C=O) groups is 2. The van der Waals surface area contributed by atoms with Crippen LogP contribution >= 0.6 is 0 Å². The van der Waals surface area contributed by atoms with Gasteiger partial charge in [0.1, 0.15) is 0 Å². The molecule has 0 heterocycles. The van der Waals surface area contributed by atoms with Gasteiger partial charge in [-0.15, -0.1) is 0 Å². The molecule has 222 valence electrons. The normalized spacial score (nSPS) is 17.4. The number of aliphatic hydroxyl groups excluding tert-OH is 1. The number of ether oxygens (including phenoxy) is 2. The second-order valence-corrected chi connectivity index (χ2v) is 11.7. The van der Waals surface area contributed by atoms with E-state index in [0.29, 0.717) is 17.4 Å². The SMILES string of the molecule is C=C(C)C(=O)OCC(COC(=O)C(=C)CO)C1CCC(CCc2ccc(-c3ccc(CCCCC)cc3)cc2)CC1. The Bertz CT molecular complexity index is 1120. The highest BCUT2D eigenvalue weighted by molar-refractivity contribution is 5.88. The molecule has 5 nitrogen and oxygen atoms in total. The molecule has 3 rings (SSSR count). The summed E-state index contributed by atoms with van der Waals surface area (Å²) in [6.45, 7) is 10.9. The van der Waals surface area contributed by atoms with Crippen molar-refractivity contribution >= 4 is 11.9 Å². The molecule has 2 aromatic rings. The molecule has 0 bridgehead atoms. The Labute approximate surface area is 246 Å². The molecular weight excluding hydrogens is 512 g/mol. The van der Waals surface area contributed by atoms with Crippen molar-refractivity contribution in [3.05, 3.63) is 84.0 Å². The second kappa shape index (κ2) is 16.9. The summed E-state index contributed by atoms with van der Waals surface area (Å²) in [6, 6.07) is 18.0. The van der Waals surface area contributed by atoms with E-state index in [1.165, 1.54) is 41.5 Å². The summed E-state index contributed by atoms with van der Waals surface area (Å²) in [4.78, 5) is 24.0. The van der Waals surface area contributed by atoms with E-state index in [9.17, 15) is 9.59 Å². The van der Waals surface area contributed by atoms with Crippen LogP contribution in [0.4, 0.5) is 0 Å². The highest BCUT2D eigenvalue weighted by atomic mass is 16.5. The summed E-state index contributed by atoms with van der Waals surface area (Å²) in [6.07, 6.45) is 11.4. The van der Waals surface area contributed by atoms with E-state index in [2.05, 4.69) is 68.6 Å². The molecular formula is C36H48O5. The summed E-state index contributed by atoms with van der Waals surface area (Å²) in [5.74, 6) is -0.172. The fraction of sp³-hybridized carbons (Fsp3) is 0.500. The first kappa shape index (κ1) is 32.3. The van der Waals surface area contributed by atoms with Gasteiger partial charge in [-0.25, -0.2) is 9.59 Å². The van der Waals surface area contributed by atoms with Gasteiger partial charge in [0.2, 0.25) is 0 Å². The van der Waals surface area contributed by atoms with Crippen molar-refractivity contribution in [1.82, 2.24) is 0 Å². The van der Waals surface area contributed by atoms with Crippen molar-refractivity contribution in [3.63, 3.8) is 0 Å². The first-order chi connectivity index (χ1) is 19.8. The Morgan fingerprint density at radius 2 is 1.37 bits per heavy atom. The van der Waals surface area contributed by atoms with Crippen LogP contribution in [-0.2, 0) is 31.9 Å². The number of benzene rings is 2. The van der Waals surface area contributed by atoms with Crippen molar-refractivity contribution in [3.8, 4) is 11.1 Å². The van der Waals surface area contributed by atoms with Crippen LogP contribution in [0.5, 0.6) is 0 Å². The van der Waals surface area contributed by atoms with E-state index in [-0.39, 0.29) is 24.7 Å². The van der Waals surface area contributed by atoms with Gasteiger partial charge in [-0.2, -0.15) is 0 Å². The van der Waals surface area contributed by atoms with Crippen molar-refractivity contribution in [1.29, 1.82) is 0 Å². The molecule has 0 saturated heterocycles. The topological polar surface area (TPSA) is 72.8 Å². The second-order valence-electron chi connectivity index (χ2n) is 11.7. The molecule has 1 aliphatic carbocycles.